The fourth-order valence-corrected chi connectivity index (χ4v) is 9.53. The highest BCUT2D eigenvalue weighted by molar-refractivity contribution is 6.70. The average molecular weight is 433 g/mol. The third kappa shape index (κ3) is 3.98. The minimum Gasteiger partial charge on any atom is -0.547 e. The van der Waals surface area contributed by atoms with Gasteiger partial charge < -0.3 is 8.85 Å². The van der Waals surface area contributed by atoms with E-state index in [0.29, 0.717) is 16.9 Å². The van der Waals surface area contributed by atoms with Crippen LogP contribution in [-0.2, 0) is 8.85 Å². The first-order valence-electron chi connectivity index (χ1n) is 12.1. The van der Waals surface area contributed by atoms with Gasteiger partial charge in [-0.3, -0.25) is 0 Å². The summed E-state index contributed by atoms with van der Waals surface area (Å²) in [6, 6.07) is 0. The highest BCUT2D eigenvalue weighted by atomic mass is 28.4. The maximum Gasteiger partial charge on any atom is 0.241 e. The van der Waals surface area contributed by atoms with Gasteiger partial charge in [-0.15, -0.1) is 0 Å². The second-order valence-electron chi connectivity index (χ2n) is 12.9. The Bertz CT molecular complexity index is 713. The highest BCUT2D eigenvalue weighted by Crippen LogP contribution is 2.65. The molecule has 29 heavy (non-hydrogen) atoms. The molecule has 2 fully saturated rings. The van der Waals surface area contributed by atoms with E-state index in [4.69, 9.17) is 8.85 Å². The molecular weight excluding hydrogens is 388 g/mol. The quantitative estimate of drug-likeness (QED) is 0.428. The third-order valence-electron chi connectivity index (χ3n) is 8.58. The van der Waals surface area contributed by atoms with Crippen LogP contribution in [0.15, 0.2) is 23.5 Å². The second kappa shape index (κ2) is 7.10. The monoisotopic (exact) mass is 432 g/mol. The summed E-state index contributed by atoms with van der Waals surface area (Å²) in [7, 11) is -3.01. The molecule has 4 aliphatic carbocycles. The molecule has 0 aliphatic heterocycles. The summed E-state index contributed by atoms with van der Waals surface area (Å²) < 4.78 is 13.1. The summed E-state index contributed by atoms with van der Waals surface area (Å²) in [6.45, 7) is 19.1. The Labute approximate surface area is 181 Å². The normalized spacial score (nSPS) is 42.3. The van der Waals surface area contributed by atoms with Crippen molar-refractivity contribution in [3.05, 3.63) is 23.5 Å². The minimum absolute atomic E-state index is 0.355. The summed E-state index contributed by atoms with van der Waals surface area (Å²) >= 11 is 0. The summed E-state index contributed by atoms with van der Waals surface area (Å²) in [4.78, 5) is 0. The number of hydrogen-bond donors (Lipinski definition) is 0. The Morgan fingerprint density at radius 3 is 2.28 bits per heavy atom. The fraction of sp³-hybridized carbons (Fsp3) is 0.840. The summed E-state index contributed by atoms with van der Waals surface area (Å²) in [5.74, 6) is 3.80. The molecule has 0 heterocycles. The molecule has 2 saturated carbocycles. The van der Waals surface area contributed by atoms with Crippen molar-refractivity contribution in [2.75, 3.05) is 0 Å². The van der Waals surface area contributed by atoms with E-state index in [1.807, 2.05) is 0 Å². The maximum atomic E-state index is 6.74. The van der Waals surface area contributed by atoms with Crippen molar-refractivity contribution in [2.45, 2.75) is 104 Å². The van der Waals surface area contributed by atoms with E-state index in [0.717, 1.165) is 24.2 Å². The molecule has 4 rings (SSSR count). The van der Waals surface area contributed by atoms with E-state index < -0.39 is 16.6 Å². The van der Waals surface area contributed by atoms with Crippen molar-refractivity contribution in [3.8, 4) is 0 Å². The van der Waals surface area contributed by atoms with Crippen LogP contribution in [0.2, 0.25) is 39.3 Å². The van der Waals surface area contributed by atoms with Gasteiger partial charge in [-0.25, -0.2) is 0 Å². The molecule has 2 nitrogen and oxygen atoms in total. The second-order valence-corrected chi connectivity index (χ2v) is 21.7. The third-order valence-corrected chi connectivity index (χ3v) is 10.4. The van der Waals surface area contributed by atoms with Crippen LogP contribution in [0.4, 0.5) is 0 Å². The smallest absolute Gasteiger partial charge is 0.241 e. The van der Waals surface area contributed by atoms with E-state index >= 15 is 0 Å². The van der Waals surface area contributed by atoms with Gasteiger partial charge in [0.1, 0.15) is 0 Å². The molecule has 0 aromatic heterocycles. The van der Waals surface area contributed by atoms with Crippen molar-refractivity contribution in [3.63, 3.8) is 0 Å². The lowest BCUT2D eigenvalue weighted by atomic mass is 9.48. The van der Waals surface area contributed by atoms with Gasteiger partial charge in [0.15, 0.2) is 8.32 Å². The number of allylic oxidation sites excluding steroid dienone is 4. The Morgan fingerprint density at radius 2 is 1.62 bits per heavy atom. The van der Waals surface area contributed by atoms with Gasteiger partial charge in [0, 0.05) is 6.42 Å². The molecule has 4 heteroatoms. The number of rotatable bonds is 4. The Hall–Kier alpha value is -0.326. The number of fused-ring (bicyclic) bond motifs is 5. The molecule has 164 valence electrons. The predicted octanol–water partition coefficient (Wildman–Crippen LogP) is 7.51. The van der Waals surface area contributed by atoms with E-state index in [1.54, 1.807) is 5.57 Å². The van der Waals surface area contributed by atoms with Crippen molar-refractivity contribution in [2.24, 2.45) is 28.6 Å². The van der Waals surface area contributed by atoms with Crippen LogP contribution in [0, 0.1) is 28.6 Å². The van der Waals surface area contributed by atoms with E-state index in [9.17, 15) is 0 Å². The van der Waals surface area contributed by atoms with Gasteiger partial charge in [-0.2, -0.15) is 0 Å². The van der Waals surface area contributed by atoms with E-state index in [1.165, 1.54) is 44.3 Å². The fourth-order valence-electron chi connectivity index (χ4n) is 7.35. The molecule has 0 aromatic rings. The zero-order chi connectivity index (χ0) is 21.2. The van der Waals surface area contributed by atoms with Gasteiger partial charge in [-0.1, -0.05) is 19.9 Å². The molecule has 0 N–H and O–H groups in total. The lowest BCUT2D eigenvalue weighted by Crippen LogP contribution is -2.51. The molecule has 4 aliphatic rings. The first-order chi connectivity index (χ1) is 13.3. The van der Waals surface area contributed by atoms with Gasteiger partial charge in [0.05, 0.1) is 11.9 Å². The van der Waals surface area contributed by atoms with Crippen molar-refractivity contribution < 1.29 is 8.85 Å². The maximum absolute atomic E-state index is 6.74. The first-order valence-corrected chi connectivity index (χ1v) is 18.9. The Kier molecular flexibility index (Phi) is 5.36. The van der Waals surface area contributed by atoms with Crippen LogP contribution >= 0.6 is 0 Å². The summed E-state index contributed by atoms with van der Waals surface area (Å²) in [5.41, 5.74) is 2.35. The van der Waals surface area contributed by atoms with E-state index in [-0.39, 0.29) is 0 Å². The SMILES string of the molecule is C[C@]12CC[C@H]3[C@@H](CC=C4C=C(O[Si](C)(C)C)CC[C@@]43C)[C@@H]1CC[C@@H]2O[Si](C)(C)C. The molecule has 0 aromatic carbocycles. The molecular formula is C25H44O2Si2. The van der Waals surface area contributed by atoms with Gasteiger partial charge in [0.2, 0.25) is 8.32 Å². The lowest BCUT2D eigenvalue weighted by Gasteiger charge is -2.57. The lowest BCUT2D eigenvalue weighted by molar-refractivity contribution is -0.0579. The average Bonchev–Trinajstić information content (AvgIpc) is 2.89. The molecule has 0 radical (unpaired) electrons. The zero-order valence-electron chi connectivity index (χ0n) is 20.2. The first kappa shape index (κ1) is 21.9. The predicted molar refractivity (Wildman–Crippen MR) is 128 cm³/mol. The molecule has 0 saturated heterocycles. The Balaban J connectivity index is 1.58. The van der Waals surface area contributed by atoms with Crippen LogP contribution in [0.5, 0.6) is 0 Å². The minimum atomic E-state index is -1.52. The zero-order valence-corrected chi connectivity index (χ0v) is 22.2. The van der Waals surface area contributed by atoms with Gasteiger partial charge >= 0.3 is 0 Å². The van der Waals surface area contributed by atoms with Crippen LogP contribution < -0.4 is 0 Å². The van der Waals surface area contributed by atoms with Crippen LogP contribution in [0.1, 0.15) is 58.8 Å². The van der Waals surface area contributed by atoms with Gasteiger partial charge in [0.25, 0.3) is 0 Å². The van der Waals surface area contributed by atoms with Crippen molar-refractivity contribution in [1.29, 1.82) is 0 Å². The number of hydrogen-bond acceptors (Lipinski definition) is 2. The topological polar surface area (TPSA) is 18.5 Å². The molecule has 0 spiro atoms. The largest absolute Gasteiger partial charge is 0.547 e. The molecule has 6 atom stereocenters. The summed E-state index contributed by atoms with van der Waals surface area (Å²) in [6.07, 6.45) is 14.6. The standard InChI is InChI=1S/C25H44O2Si2/c1-24-15-13-19(26-28(3,4)5)17-18(24)9-10-20-21-11-12-23(27-29(6,7)8)25(21,2)16-14-22(20)24/h9,17,20-23H,10-16H2,1-8H3/t20-,21-,22-,23-,24-,25-/m0/s1. The summed E-state index contributed by atoms with van der Waals surface area (Å²) in [5, 5.41) is 0. The van der Waals surface area contributed by atoms with Crippen LogP contribution in [0.25, 0.3) is 0 Å². The van der Waals surface area contributed by atoms with Gasteiger partial charge in [-0.05, 0) is 118 Å². The molecule has 0 amide bonds. The van der Waals surface area contributed by atoms with Crippen LogP contribution in [-0.4, -0.2) is 22.7 Å². The highest BCUT2D eigenvalue weighted by Gasteiger charge is 2.59. The van der Waals surface area contributed by atoms with Crippen molar-refractivity contribution >= 4 is 16.6 Å². The van der Waals surface area contributed by atoms with Crippen LogP contribution in [0.3, 0.4) is 0 Å². The van der Waals surface area contributed by atoms with Crippen molar-refractivity contribution in [1.82, 2.24) is 0 Å². The molecule has 0 bridgehead atoms. The Morgan fingerprint density at radius 1 is 0.897 bits per heavy atom. The van der Waals surface area contributed by atoms with E-state index in [2.05, 4.69) is 65.3 Å². The molecule has 0 unspecified atom stereocenters.